The van der Waals surface area contributed by atoms with E-state index in [0.717, 1.165) is 0 Å². The molecule has 0 aromatic carbocycles. The van der Waals surface area contributed by atoms with Crippen LogP contribution in [0.5, 0.6) is 0 Å². The lowest BCUT2D eigenvalue weighted by atomic mass is 10.7. The molecule has 0 spiro atoms. The number of rotatable bonds is 4. The summed E-state index contributed by atoms with van der Waals surface area (Å²) in [6.45, 7) is -3.65. The average molecular weight is 210 g/mol. The van der Waals surface area contributed by atoms with Crippen molar-refractivity contribution in [1.82, 2.24) is 0 Å². The van der Waals surface area contributed by atoms with E-state index in [2.05, 4.69) is 9.47 Å². The Hall–Kier alpha value is -1.08. The van der Waals surface area contributed by atoms with Crippen molar-refractivity contribution in [1.29, 1.82) is 0 Å². The van der Waals surface area contributed by atoms with Crippen molar-refractivity contribution in [3.63, 3.8) is 0 Å². The summed E-state index contributed by atoms with van der Waals surface area (Å²) in [4.78, 5) is 0. The molecule has 0 saturated carbocycles. The zero-order valence-electron chi connectivity index (χ0n) is 6.00. The number of hydrogen-bond acceptors (Lipinski definition) is 2. The summed E-state index contributed by atoms with van der Waals surface area (Å²) in [5.74, 6) is -1.75. The monoisotopic (exact) mass is 210 g/mol. The Balaban J connectivity index is 4.07. The fourth-order valence-corrected chi connectivity index (χ4v) is 0.348. The maximum Gasteiger partial charge on any atom is 0.422 e. The van der Waals surface area contributed by atoms with E-state index in [-0.39, 0.29) is 0 Å². The Morgan fingerprint density at radius 1 is 1.08 bits per heavy atom. The Morgan fingerprint density at radius 3 is 1.92 bits per heavy atom. The van der Waals surface area contributed by atoms with Gasteiger partial charge in [0.05, 0.1) is 0 Å². The summed E-state index contributed by atoms with van der Waals surface area (Å²) in [5.41, 5.74) is 0. The Bertz CT molecular complexity index is 182. The number of hydrogen-bond donors (Lipinski definition) is 0. The lowest BCUT2D eigenvalue weighted by Crippen LogP contribution is -2.17. The third-order valence-electron chi connectivity index (χ3n) is 0.707. The van der Waals surface area contributed by atoms with Gasteiger partial charge in [0, 0.05) is 0 Å². The van der Waals surface area contributed by atoms with Crippen LogP contribution in [0, 0.1) is 0 Å². The highest BCUT2D eigenvalue weighted by Gasteiger charge is 2.30. The van der Waals surface area contributed by atoms with Gasteiger partial charge in [-0.15, -0.1) is 0 Å². The van der Waals surface area contributed by atoms with Crippen LogP contribution in [0.3, 0.4) is 0 Å². The minimum Gasteiger partial charge on any atom is -0.452 e. The zero-order chi connectivity index (χ0) is 10.5. The highest BCUT2D eigenvalue weighted by atomic mass is 19.4. The molecule has 0 bridgehead atoms. The third kappa shape index (κ3) is 6.12. The molecule has 0 aliphatic carbocycles. The van der Waals surface area contributed by atoms with Gasteiger partial charge in [-0.25, -0.2) is 4.39 Å². The molecule has 0 saturated heterocycles. The first-order valence-electron chi connectivity index (χ1n) is 2.80. The van der Waals surface area contributed by atoms with Crippen molar-refractivity contribution in [3.8, 4) is 0 Å². The van der Waals surface area contributed by atoms with Gasteiger partial charge in [-0.05, 0) is 0 Å². The zero-order valence-corrected chi connectivity index (χ0v) is 6.00. The van der Waals surface area contributed by atoms with Crippen LogP contribution in [-0.4, -0.2) is 19.6 Å². The van der Waals surface area contributed by atoms with Crippen molar-refractivity contribution < 1.29 is 35.8 Å². The molecule has 0 aliphatic heterocycles. The van der Waals surface area contributed by atoms with Crippen LogP contribution in [0.1, 0.15) is 0 Å². The number of alkyl halides is 4. The van der Waals surface area contributed by atoms with Gasteiger partial charge in [0.25, 0.3) is 0 Å². The van der Waals surface area contributed by atoms with Gasteiger partial charge in [-0.3, -0.25) is 0 Å². The van der Waals surface area contributed by atoms with Crippen LogP contribution in [0.25, 0.3) is 0 Å². The minimum atomic E-state index is -4.78. The first-order chi connectivity index (χ1) is 5.87. The molecule has 78 valence electrons. The van der Waals surface area contributed by atoms with Crippen LogP contribution in [-0.2, 0) is 9.47 Å². The second kappa shape index (κ2) is 4.83. The first kappa shape index (κ1) is 11.9. The molecule has 0 aromatic rings. The van der Waals surface area contributed by atoms with Crippen molar-refractivity contribution in [2.45, 2.75) is 6.18 Å². The molecule has 0 amide bonds. The molecule has 8 heteroatoms. The van der Waals surface area contributed by atoms with E-state index in [9.17, 15) is 26.3 Å². The molecule has 0 aliphatic rings. The van der Waals surface area contributed by atoms with E-state index < -0.39 is 31.7 Å². The normalized spacial score (nSPS) is 10.9. The third-order valence-corrected chi connectivity index (χ3v) is 0.707. The van der Waals surface area contributed by atoms with E-state index in [1.54, 1.807) is 0 Å². The van der Waals surface area contributed by atoms with Crippen LogP contribution >= 0.6 is 0 Å². The highest BCUT2D eigenvalue weighted by Crippen LogP contribution is 2.19. The maximum atomic E-state index is 11.6. The van der Waals surface area contributed by atoms with E-state index in [4.69, 9.17) is 0 Å². The maximum absolute atomic E-state index is 11.6. The summed E-state index contributed by atoms with van der Waals surface area (Å²) in [7, 11) is 0. The molecular weight excluding hydrogens is 206 g/mol. The quantitative estimate of drug-likeness (QED) is 0.524. The second-order valence-electron chi connectivity index (χ2n) is 1.71. The lowest BCUT2D eigenvalue weighted by molar-refractivity contribution is -0.180. The molecule has 0 N–H and O–H groups in total. The molecule has 0 aromatic heterocycles. The first-order valence-corrected chi connectivity index (χ1v) is 2.80. The molecule has 0 fully saturated rings. The summed E-state index contributed by atoms with van der Waals surface area (Å²) in [5, 5.41) is 0. The topological polar surface area (TPSA) is 18.5 Å². The van der Waals surface area contributed by atoms with Crippen LogP contribution in [0.2, 0.25) is 0 Å². The van der Waals surface area contributed by atoms with Crippen molar-refractivity contribution in [3.05, 3.63) is 12.0 Å². The number of halogens is 6. The fourth-order valence-electron chi connectivity index (χ4n) is 0.348. The summed E-state index contributed by atoms with van der Waals surface area (Å²) < 4.78 is 75.4. The average Bonchev–Trinajstić information content (AvgIpc) is 1.95. The van der Waals surface area contributed by atoms with Gasteiger partial charge in [0.15, 0.2) is 6.61 Å². The smallest absolute Gasteiger partial charge is 0.422 e. The SMILES string of the molecule is FCOC(OCC(F)(F)F)=C(F)F. The molecule has 2 nitrogen and oxygen atoms in total. The minimum absolute atomic E-state index is 1.69. The largest absolute Gasteiger partial charge is 0.452 e. The van der Waals surface area contributed by atoms with Gasteiger partial charge in [0.1, 0.15) is 0 Å². The molecule has 0 heterocycles. The van der Waals surface area contributed by atoms with Crippen molar-refractivity contribution >= 4 is 0 Å². The summed E-state index contributed by atoms with van der Waals surface area (Å²) in [6.07, 6.45) is -7.43. The van der Waals surface area contributed by atoms with Gasteiger partial charge in [-0.1, -0.05) is 0 Å². The fraction of sp³-hybridized carbons (Fsp3) is 0.600. The number of ether oxygens (including phenoxy) is 2. The predicted molar refractivity (Wildman–Crippen MR) is 28.3 cm³/mol. The predicted octanol–water partition coefficient (Wildman–Crippen LogP) is 2.57. The molecule has 0 radical (unpaired) electrons. The lowest BCUT2D eigenvalue weighted by Gasteiger charge is -2.09. The standard InChI is InChI=1S/C5H4F6O2/c6-2-13-4(3(7)8)12-1-5(9,10)11/h1-2H2. The molecule has 0 atom stereocenters. The van der Waals surface area contributed by atoms with Gasteiger partial charge >= 0.3 is 18.2 Å². The van der Waals surface area contributed by atoms with Crippen LogP contribution in [0.15, 0.2) is 12.0 Å². The van der Waals surface area contributed by atoms with Gasteiger partial charge in [0.2, 0.25) is 6.86 Å². The van der Waals surface area contributed by atoms with Crippen molar-refractivity contribution in [2.75, 3.05) is 13.5 Å². The van der Waals surface area contributed by atoms with Gasteiger partial charge in [-0.2, -0.15) is 22.0 Å². The summed E-state index contributed by atoms with van der Waals surface area (Å²) in [6, 6.07) is 0. The van der Waals surface area contributed by atoms with Crippen LogP contribution < -0.4 is 0 Å². The Morgan fingerprint density at radius 2 is 1.62 bits per heavy atom. The van der Waals surface area contributed by atoms with E-state index in [0.29, 0.717) is 0 Å². The molecule has 0 unspecified atom stereocenters. The molecule has 13 heavy (non-hydrogen) atoms. The van der Waals surface area contributed by atoms with E-state index in [1.807, 2.05) is 0 Å². The van der Waals surface area contributed by atoms with Crippen LogP contribution in [0.4, 0.5) is 26.3 Å². The molecular formula is C5H4F6O2. The van der Waals surface area contributed by atoms with Gasteiger partial charge < -0.3 is 9.47 Å². The second-order valence-corrected chi connectivity index (χ2v) is 1.71. The Kier molecular flexibility index (Phi) is 4.43. The Labute approximate surface area is 68.7 Å². The van der Waals surface area contributed by atoms with E-state index in [1.165, 1.54) is 0 Å². The summed E-state index contributed by atoms with van der Waals surface area (Å²) >= 11 is 0. The highest BCUT2D eigenvalue weighted by molar-refractivity contribution is 4.82. The molecule has 0 rings (SSSR count). The van der Waals surface area contributed by atoms with E-state index >= 15 is 0 Å². The van der Waals surface area contributed by atoms with Crippen molar-refractivity contribution in [2.24, 2.45) is 0 Å².